The molecular formula is C40H46N6O4S. The molecule has 10 nitrogen and oxygen atoms in total. The number of aliphatic carboxylic acids is 1. The van der Waals surface area contributed by atoms with Gasteiger partial charge in [0.05, 0.1) is 22.8 Å². The van der Waals surface area contributed by atoms with Crippen LogP contribution in [-0.4, -0.2) is 67.9 Å². The molecule has 11 heteroatoms. The Morgan fingerprint density at radius 3 is 1.69 bits per heavy atom. The van der Waals surface area contributed by atoms with Crippen LogP contribution in [0.2, 0.25) is 0 Å². The molecule has 2 amide bonds. The number of aromatic amines is 2. The van der Waals surface area contributed by atoms with Crippen molar-refractivity contribution in [1.82, 2.24) is 30.6 Å². The maximum absolute atomic E-state index is 13.0. The van der Waals surface area contributed by atoms with Crippen LogP contribution in [0.1, 0.15) is 91.0 Å². The first-order valence-electron chi connectivity index (χ1n) is 17.1. The van der Waals surface area contributed by atoms with Crippen molar-refractivity contribution in [1.29, 1.82) is 0 Å². The number of carbonyl (C=O) groups is 3. The fourth-order valence-corrected chi connectivity index (χ4v) is 6.94. The van der Waals surface area contributed by atoms with E-state index >= 15 is 0 Å². The maximum Gasteiger partial charge on any atom is 0.303 e. The molecule has 0 aromatic carbocycles. The molecule has 0 atom stereocenters. The molecule has 0 saturated carbocycles. The van der Waals surface area contributed by atoms with Crippen LogP contribution in [0.4, 0.5) is 0 Å². The first-order valence-corrected chi connectivity index (χ1v) is 18.5. The van der Waals surface area contributed by atoms with Gasteiger partial charge in [0.15, 0.2) is 0 Å². The number of rotatable bonds is 14. The molecule has 51 heavy (non-hydrogen) atoms. The second-order valence-electron chi connectivity index (χ2n) is 12.8. The van der Waals surface area contributed by atoms with Gasteiger partial charge in [-0.05, 0) is 104 Å². The zero-order valence-electron chi connectivity index (χ0n) is 30.0. The van der Waals surface area contributed by atoms with E-state index in [9.17, 15) is 19.5 Å². The lowest BCUT2D eigenvalue weighted by Gasteiger charge is -2.08. The second kappa shape index (κ2) is 16.2. The van der Waals surface area contributed by atoms with Crippen molar-refractivity contribution >= 4 is 86.1 Å². The van der Waals surface area contributed by atoms with E-state index in [1.807, 2.05) is 57.4 Å². The average molecular weight is 707 g/mol. The van der Waals surface area contributed by atoms with Crippen LogP contribution in [-0.2, 0) is 14.4 Å². The second-order valence-corrected chi connectivity index (χ2v) is 13.8. The van der Waals surface area contributed by atoms with Crippen molar-refractivity contribution in [2.24, 2.45) is 0 Å². The molecule has 3 aromatic heterocycles. The predicted octanol–water partition coefficient (Wildman–Crippen LogP) is 7.71. The lowest BCUT2D eigenvalue weighted by molar-refractivity contribution is -0.136. The predicted molar refractivity (Wildman–Crippen MR) is 211 cm³/mol. The largest absolute Gasteiger partial charge is 0.481 e. The minimum absolute atomic E-state index is 0.0291. The van der Waals surface area contributed by atoms with Gasteiger partial charge in [-0.2, -0.15) is 11.8 Å². The highest BCUT2D eigenvalue weighted by atomic mass is 32.2. The third kappa shape index (κ3) is 8.26. The summed E-state index contributed by atoms with van der Waals surface area (Å²) in [7, 11) is 0. The van der Waals surface area contributed by atoms with Gasteiger partial charge in [0, 0.05) is 71.3 Å². The summed E-state index contributed by atoms with van der Waals surface area (Å²) in [6.45, 7) is 17.0. The van der Waals surface area contributed by atoms with Gasteiger partial charge in [-0.15, -0.1) is 0 Å². The Hall–Kier alpha value is -5.16. The smallest absolute Gasteiger partial charge is 0.303 e. The van der Waals surface area contributed by atoms with Crippen molar-refractivity contribution in [3.8, 4) is 0 Å². The molecule has 0 fully saturated rings. The van der Waals surface area contributed by atoms with Crippen molar-refractivity contribution in [2.75, 3.05) is 25.1 Å². The van der Waals surface area contributed by atoms with E-state index in [2.05, 4.69) is 46.7 Å². The Morgan fingerprint density at radius 2 is 1.18 bits per heavy atom. The maximum atomic E-state index is 13.0. The zero-order chi connectivity index (χ0) is 36.8. The lowest BCUT2D eigenvalue weighted by Crippen LogP contribution is -2.34. The van der Waals surface area contributed by atoms with E-state index in [0.717, 1.165) is 83.8 Å². The number of carboxylic acid groups (broad SMARTS) is 1. The number of fused-ring (bicyclic) bond motifs is 8. The van der Waals surface area contributed by atoms with E-state index in [0.29, 0.717) is 43.7 Å². The molecule has 8 bridgehead atoms. The SMILES string of the molecule is C=Cc1c(C)c2cc3[nH]c(cc4nc(cc5nc(cc1[nH]2)C(C)=C5CCC(=O)NCCNC(=O)CCSC)C(CCC(=O)O)=C4C)c(C)c3C=C. The standard InChI is InChI=1S/C40H46N6O4S/c1-8-26-22(3)30-18-31-25(6)29(11-13-40(49)50)37(45-31)21-36-28(10-12-38(47)41-15-16-42-39(48)14-17-51-7)24(5)33(46-36)20-35-27(9-2)23(4)32(44-35)19-34(26)43-30/h8-9,18-21,43-44H,1-2,10-17H2,3-7H3,(H,41,47)(H,42,48)(H,49,50). The summed E-state index contributed by atoms with van der Waals surface area (Å²) in [5.74, 6) is -0.283. The van der Waals surface area contributed by atoms with E-state index in [-0.39, 0.29) is 24.7 Å². The van der Waals surface area contributed by atoms with E-state index in [1.54, 1.807) is 11.8 Å². The fraction of sp³-hybridized carbons (Fsp3) is 0.325. The number of allylic oxidation sites excluding steroid dienone is 4. The summed E-state index contributed by atoms with van der Waals surface area (Å²) < 4.78 is 0. The highest BCUT2D eigenvalue weighted by molar-refractivity contribution is 7.98. The fourth-order valence-electron chi connectivity index (χ4n) is 6.55. The summed E-state index contributed by atoms with van der Waals surface area (Å²) >= 11 is 1.62. The molecule has 2 aliphatic rings. The molecule has 0 unspecified atom stereocenters. The Kier molecular flexibility index (Phi) is 11.8. The Labute approximate surface area is 302 Å². The number of carbonyl (C=O) groups excluding carboxylic acids is 2. The number of aryl methyl sites for hydroxylation is 2. The molecule has 266 valence electrons. The number of aromatic nitrogens is 4. The molecule has 0 aliphatic carbocycles. The molecule has 5 rings (SSSR count). The molecule has 5 N–H and O–H groups in total. The summed E-state index contributed by atoms with van der Waals surface area (Å²) in [6.07, 6.45) is 7.02. The van der Waals surface area contributed by atoms with Gasteiger partial charge in [0.2, 0.25) is 11.8 Å². The van der Waals surface area contributed by atoms with E-state index < -0.39 is 5.97 Å². The number of nitrogens with zero attached hydrogens (tertiary/aromatic N) is 2. The number of hydrogen-bond acceptors (Lipinski definition) is 6. The van der Waals surface area contributed by atoms with Crippen molar-refractivity contribution in [3.63, 3.8) is 0 Å². The van der Waals surface area contributed by atoms with Gasteiger partial charge in [-0.25, -0.2) is 9.97 Å². The van der Waals surface area contributed by atoms with Gasteiger partial charge in [-0.3, -0.25) is 14.4 Å². The molecule has 0 saturated heterocycles. The van der Waals surface area contributed by atoms with Crippen LogP contribution in [0.25, 0.3) is 56.5 Å². The van der Waals surface area contributed by atoms with Gasteiger partial charge in [-0.1, -0.05) is 25.3 Å². The molecule has 0 radical (unpaired) electrons. The first kappa shape index (κ1) is 37.1. The van der Waals surface area contributed by atoms with E-state index in [1.165, 1.54) is 0 Å². The van der Waals surface area contributed by atoms with Crippen LogP contribution < -0.4 is 10.6 Å². The Bertz CT molecular complexity index is 2150. The number of amides is 2. The highest BCUT2D eigenvalue weighted by Gasteiger charge is 2.23. The van der Waals surface area contributed by atoms with Crippen molar-refractivity contribution < 1.29 is 19.5 Å². The Morgan fingerprint density at radius 1 is 0.706 bits per heavy atom. The van der Waals surface area contributed by atoms with E-state index in [4.69, 9.17) is 9.97 Å². The van der Waals surface area contributed by atoms with Gasteiger partial charge in [0.1, 0.15) is 0 Å². The normalized spacial score (nSPS) is 12.6. The van der Waals surface area contributed by atoms with Crippen LogP contribution in [0.15, 0.2) is 37.4 Å². The molecular weight excluding hydrogens is 661 g/mol. The lowest BCUT2D eigenvalue weighted by atomic mass is 9.98. The van der Waals surface area contributed by atoms with Gasteiger partial charge in [0.25, 0.3) is 0 Å². The number of carboxylic acids is 1. The number of hydrogen-bond donors (Lipinski definition) is 5. The topological polar surface area (TPSA) is 153 Å². The summed E-state index contributed by atoms with van der Waals surface area (Å²) in [4.78, 5) is 53.8. The summed E-state index contributed by atoms with van der Waals surface area (Å²) in [6, 6.07) is 8.01. The third-order valence-corrected chi connectivity index (χ3v) is 10.1. The van der Waals surface area contributed by atoms with Crippen LogP contribution >= 0.6 is 11.8 Å². The Balaban J connectivity index is 1.63. The molecule has 2 aliphatic heterocycles. The van der Waals surface area contributed by atoms with Crippen molar-refractivity contribution in [2.45, 2.75) is 59.8 Å². The van der Waals surface area contributed by atoms with Crippen LogP contribution in [0, 0.1) is 13.8 Å². The van der Waals surface area contributed by atoms with Gasteiger partial charge >= 0.3 is 5.97 Å². The van der Waals surface area contributed by atoms with Crippen LogP contribution in [0.5, 0.6) is 0 Å². The average Bonchev–Trinajstić information content (AvgIpc) is 3.76. The summed E-state index contributed by atoms with van der Waals surface area (Å²) in [5, 5.41) is 15.3. The minimum atomic E-state index is -0.884. The minimum Gasteiger partial charge on any atom is -0.481 e. The molecule has 5 heterocycles. The molecule has 0 spiro atoms. The first-order chi connectivity index (χ1) is 24.4. The van der Waals surface area contributed by atoms with Crippen molar-refractivity contribution in [3.05, 3.63) is 82.5 Å². The number of nitrogens with one attached hydrogen (secondary N) is 4. The number of H-pyrrole nitrogens is 2. The van der Waals surface area contributed by atoms with Gasteiger partial charge < -0.3 is 25.7 Å². The molecule has 3 aromatic rings. The summed E-state index contributed by atoms with van der Waals surface area (Å²) in [5.41, 5.74) is 14.0. The zero-order valence-corrected chi connectivity index (χ0v) is 30.8. The third-order valence-electron chi connectivity index (χ3n) is 9.53. The highest BCUT2D eigenvalue weighted by Crippen LogP contribution is 2.38. The quantitative estimate of drug-likeness (QED) is 0.108. The number of thioether (sulfide) groups is 1. The van der Waals surface area contributed by atoms with Crippen LogP contribution in [0.3, 0.4) is 0 Å². The monoisotopic (exact) mass is 706 g/mol.